The van der Waals surface area contributed by atoms with E-state index in [-0.39, 0.29) is 17.6 Å². The number of likely N-dealkylation sites (tertiary alicyclic amines) is 1. The lowest BCUT2D eigenvalue weighted by molar-refractivity contribution is 0.0662. The molecule has 1 aromatic heterocycles. The van der Waals surface area contributed by atoms with Crippen molar-refractivity contribution in [2.75, 3.05) is 20.8 Å². The summed E-state index contributed by atoms with van der Waals surface area (Å²) in [6.07, 6.45) is 3.39. The molecular formula is C44H40Br2N2O4. The number of amides is 1. The minimum atomic E-state index is -0.711. The number of benzene rings is 5. The number of hydrogen-bond acceptors (Lipinski definition) is 4. The monoisotopic (exact) mass is 818 g/mol. The summed E-state index contributed by atoms with van der Waals surface area (Å²) in [5, 5.41) is 1.09. The molecule has 8 heteroatoms. The van der Waals surface area contributed by atoms with Crippen LogP contribution in [-0.4, -0.2) is 48.0 Å². The smallest absolute Gasteiger partial charge is 0.254 e. The molecule has 0 bridgehead atoms. The van der Waals surface area contributed by atoms with Gasteiger partial charge in [0, 0.05) is 56.2 Å². The predicted octanol–water partition coefficient (Wildman–Crippen LogP) is 10.3. The fraction of sp³-hybridized carbons (Fsp3) is 0.227. The normalized spacial score (nSPS) is 15.6. The van der Waals surface area contributed by atoms with Gasteiger partial charge in [0.1, 0.15) is 17.5 Å². The Morgan fingerprint density at radius 2 is 1.48 bits per heavy atom. The Hall–Kier alpha value is -4.66. The van der Waals surface area contributed by atoms with Crippen LogP contribution in [0.25, 0.3) is 10.9 Å². The number of hydrogen-bond donors (Lipinski definition) is 0. The van der Waals surface area contributed by atoms with Gasteiger partial charge in [0.2, 0.25) is 0 Å². The molecule has 0 aliphatic carbocycles. The molecule has 1 saturated heterocycles. The van der Waals surface area contributed by atoms with Crippen LogP contribution in [0, 0.1) is 13.8 Å². The third-order valence-corrected chi connectivity index (χ3v) is 12.1. The number of Topliss-reactive ketones (excluding diaryl/α,β-unsaturated/α-hetero) is 1. The summed E-state index contributed by atoms with van der Waals surface area (Å²) < 4.78 is 15.2. The van der Waals surface area contributed by atoms with E-state index in [1.807, 2.05) is 91.5 Å². The van der Waals surface area contributed by atoms with E-state index in [0.717, 1.165) is 64.7 Å². The van der Waals surface area contributed by atoms with Crippen molar-refractivity contribution in [3.05, 3.63) is 163 Å². The zero-order chi connectivity index (χ0) is 36.5. The first-order valence-electron chi connectivity index (χ1n) is 17.4. The molecule has 2 heterocycles. The predicted molar refractivity (Wildman–Crippen MR) is 214 cm³/mol. The van der Waals surface area contributed by atoms with Crippen molar-refractivity contribution in [1.29, 1.82) is 0 Å². The van der Waals surface area contributed by atoms with Crippen LogP contribution in [0.2, 0.25) is 0 Å². The van der Waals surface area contributed by atoms with Crippen molar-refractivity contribution < 1.29 is 19.1 Å². The van der Waals surface area contributed by atoms with Crippen LogP contribution in [0.5, 0.6) is 11.5 Å². The maximum atomic E-state index is 15.3. The summed E-state index contributed by atoms with van der Waals surface area (Å²) in [5.74, 6) is 1.16. The van der Waals surface area contributed by atoms with E-state index >= 15 is 4.79 Å². The van der Waals surface area contributed by atoms with Crippen molar-refractivity contribution in [3.63, 3.8) is 0 Å². The molecule has 2 atom stereocenters. The van der Waals surface area contributed by atoms with Crippen molar-refractivity contribution in [1.82, 2.24) is 9.47 Å². The van der Waals surface area contributed by atoms with E-state index in [1.165, 1.54) is 0 Å². The topological polar surface area (TPSA) is 60.8 Å². The van der Waals surface area contributed by atoms with E-state index in [0.29, 0.717) is 37.1 Å². The number of carbonyl (C=O) groups is 2. The second kappa shape index (κ2) is 15.1. The lowest BCUT2D eigenvalue weighted by Gasteiger charge is -2.29. The van der Waals surface area contributed by atoms with E-state index in [4.69, 9.17) is 9.47 Å². The highest BCUT2D eigenvalue weighted by Gasteiger charge is 2.44. The fourth-order valence-corrected chi connectivity index (χ4v) is 8.23. The number of rotatable bonds is 10. The lowest BCUT2D eigenvalue weighted by atomic mass is 9.84. The van der Waals surface area contributed by atoms with Gasteiger partial charge in [-0.25, -0.2) is 0 Å². The fourth-order valence-electron chi connectivity index (χ4n) is 7.62. The molecule has 5 aromatic carbocycles. The zero-order valence-electron chi connectivity index (χ0n) is 29.7. The Labute approximate surface area is 321 Å². The first-order valence-corrected chi connectivity index (χ1v) is 19.0. The average molecular weight is 821 g/mol. The summed E-state index contributed by atoms with van der Waals surface area (Å²) in [6.45, 7) is 5.12. The number of aryl methyl sites for hydroxylation is 1. The van der Waals surface area contributed by atoms with Gasteiger partial charge in [-0.15, -0.1) is 0 Å². The van der Waals surface area contributed by atoms with E-state index in [1.54, 1.807) is 14.2 Å². The summed E-state index contributed by atoms with van der Waals surface area (Å²) in [6, 6.07) is 33.2. The number of ether oxygens (including phenoxy) is 2. The molecule has 0 N–H and O–H groups in total. The maximum absolute atomic E-state index is 15.3. The quantitative estimate of drug-likeness (QED) is 0.129. The summed E-state index contributed by atoms with van der Waals surface area (Å²) >= 11 is 7.31. The van der Waals surface area contributed by atoms with Crippen LogP contribution in [0.1, 0.15) is 66.4 Å². The number of nitrogens with zero attached hydrogens (tertiary/aromatic N) is 2. The maximum Gasteiger partial charge on any atom is 0.254 e. The number of fused-ring (bicyclic) bond motifs is 1. The van der Waals surface area contributed by atoms with Crippen LogP contribution in [0.3, 0.4) is 0 Å². The number of methoxy groups -OCH3 is 2. The minimum Gasteiger partial charge on any atom is -0.497 e. The van der Waals surface area contributed by atoms with Crippen LogP contribution >= 0.6 is 31.9 Å². The van der Waals surface area contributed by atoms with Gasteiger partial charge >= 0.3 is 0 Å². The Balaban J connectivity index is 1.35. The van der Waals surface area contributed by atoms with Crippen LogP contribution in [0.15, 0.2) is 118 Å². The van der Waals surface area contributed by atoms with Crippen molar-refractivity contribution in [3.8, 4) is 11.5 Å². The van der Waals surface area contributed by atoms with Gasteiger partial charge in [-0.3, -0.25) is 9.59 Å². The van der Waals surface area contributed by atoms with Crippen LogP contribution < -0.4 is 9.47 Å². The van der Waals surface area contributed by atoms with Crippen molar-refractivity contribution in [2.45, 2.75) is 45.2 Å². The number of ketones is 1. The largest absolute Gasteiger partial charge is 0.497 e. The molecule has 0 saturated carbocycles. The van der Waals surface area contributed by atoms with E-state index < -0.39 is 6.04 Å². The summed E-state index contributed by atoms with van der Waals surface area (Å²) in [5.41, 5.74) is 8.41. The summed E-state index contributed by atoms with van der Waals surface area (Å²) in [7, 11) is 3.34. The number of para-hydroxylation sites is 1. The summed E-state index contributed by atoms with van der Waals surface area (Å²) in [4.78, 5) is 31.6. The van der Waals surface area contributed by atoms with Gasteiger partial charge < -0.3 is 18.9 Å². The lowest BCUT2D eigenvalue weighted by Crippen LogP contribution is -2.43. The molecule has 6 aromatic rings. The van der Waals surface area contributed by atoms with Gasteiger partial charge in [0.15, 0.2) is 5.78 Å². The Morgan fingerprint density at radius 1 is 0.788 bits per heavy atom. The van der Waals surface area contributed by atoms with E-state index in [2.05, 4.69) is 73.0 Å². The molecule has 6 nitrogen and oxygen atoms in total. The second-order valence-corrected chi connectivity index (χ2v) is 15.2. The molecule has 1 aliphatic heterocycles. The Kier molecular flexibility index (Phi) is 10.4. The second-order valence-electron chi connectivity index (χ2n) is 13.5. The molecule has 264 valence electrons. The SMILES string of the molecule is COc1cccc(Cc2c(C(=O)C3C(c4cn(Cc5cccc(OC)c5)c5ccccc45)CCN3C(=O)c3ccc(Br)c(C)c3)ccc(Br)c2C)c1. The van der Waals surface area contributed by atoms with Gasteiger partial charge in [-0.05, 0) is 121 Å². The van der Waals surface area contributed by atoms with Crippen LogP contribution in [-0.2, 0) is 13.0 Å². The standard InChI is InChI=1S/C44H40Br2N2O4/c1-27-21-31(15-17-39(27)45)44(50)48-20-19-35(38-26-47(41-14-6-5-13-34(38)41)25-30-10-8-12-33(23-30)52-4)42(48)43(49)36-16-18-40(46)28(2)37(36)24-29-9-7-11-32(22-29)51-3/h5-18,21-23,26,35,42H,19-20,24-25H2,1-4H3. The molecule has 0 spiro atoms. The van der Waals surface area contributed by atoms with Gasteiger partial charge in [0.25, 0.3) is 5.91 Å². The highest BCUT2D eigenvalue weighted by Crippen LogP contribution is 2.42. The average Bonchev–Trinajstić information content (AvgIpc) is 3.76. The molecule has 0 radical (unpaired) electrons. The van der Waals surface area contributed by atoms with Crippen molar-refractivity contribution >= 4 is 54.5 Å². The molecule has 1 amide bonds. The van der Waals surface area contributed by atoms with E-state index in [9.17, 15) is 4.79 Å². The number of halogens is 2. The molecule has 2 unspecified atom stereocenters. The Bertz CT molecular complexity index is 2310. The number of aromatic nitrogens is 1. The molecule has 7 rings (SSSR count). The zero-order valence-corrected chi connectivity index (χ0v) is 32.8. The van der Waals surface area contributed by atoms with Gasteiger partial charge in [-0.2, -0.15) is 0 Å². The van der Waals surface area contributed by atoms with Crippen molar-refractivity contribution in [2.24, 2.45) is 0 Å². The third kappa shape index (κ3) is 6.94. The Morgan fingerprint density at radius 3 is 2.21 bits per heavy atom. The first-order chi connectivity index (χ1) is 25.2. The molecular weight excluding hydrogens is 780 g/mol. The third-order valence-electron chi connectivity index (χ3n) is 10.4. The minimum absolute atomic E-state index is 0.0530. The first kappa shape index (κ1) is 35.7. The highest BCUT2D eigenvalue weighted by molar-refractivity contribution is 9.10. The number of carbonyl (C=O) groups excluding carboxylic acids is 2. The van der Waals surface area contributed by atoms with Gasteiger partial charge in [-0.1, -0.05) is 74.3 Å². The molecule has 1 aliphatic rings. The highest BCUT2D eigenvalue weighted by atomic mass is 79.9. The van der Waals surface area contributed by atoms with Crippen LogP contribution in [0.4, 0.5) is 0 Å². The molecule has 52 heavy (non-hydrogen) atoms. The van der Waals surface area contributed by atoms with Gasteiger partial charge in [0.05, 0.1) is 14.2 Å². The molecule has 1 fully saturated rings.